The van der Waals surface area contributed by atoms with E-state index in [0.29, 0.717) is 16.1 Å². The molecule has 0 spiro atoms. The molecule has 0 unspecified atom stereocenters. The van der Waals surface area contributed by atoms with E-state index in [1.165, 1.54) is 11.3 Å². The number of amides is 1. The van der Waals surface area contributed by atoms with Crippen LogP contribution >= 0.6 is 11.3 Å². The number of benzene rings is 1. The number of hydrogen-bond donors (Lipinski definition) is 1. The van der Waals surface area contributed by atoms with Crippen LogP contribution in [0.3, 0.4) is 0 Å². The molecule has 1 amide bonds. The van der Waals surface area contributed by atoms with Crippen LogP contribution in [0.15, 0.2) is 48.8 Å². The summed E-state index contributed by atoms with van der Waals surface area (Å²) in [6.45, 7) is 3.98. The molecule has 0 bridgehead atoms. The first-order chi connectivity index (χ1) is 11.6. The third-order valence-corrected chi connectivity index (χ3v) is 4.73. The standard InChI is InChI=1S/C19H15N3OS/c1-12-3-5-14(6-4-12)17-13(2)24-19(16(17)11-20)22-18(23)15-7-9-21-10-8-15/h3-10H,1-2H3,(H,22,23). The van der Waals surface area contributed by atoms with Gasteiger partial charge >= 0.3 is 0 Å². The smallest absolute Gasteiger partial charge is 0.256 e. The van der Waals surface area contributed by atoms with E-state index in [-0.39, 0.29) is 5.91 Å². The van der Waals surface area contributed by atoms with Crippen LogP contribution in [0, 0.1) is 25.2 Å². The lowest BCUT2D eigenvalue weighted by Gasteiger charge is -2.04. The van der Waals surface area contributed by atoms with Crippen molar-refractivity contribution in [1.29, 1.82) is 5.26 Å². The molecule has 1 N–H and O–H groups in total. The first kappa shape index (κ1) is 15.9. The second-order valence-electron chi connectivity index (χ2n) is 5.41. The molecule has 0 fully saturated rings. The maximum atomic E-state index is 12.3. The van der Waals surface area contributed by atoms with E-state index in [9.17, 15) is 10.1 Å². The van der Waals surface area contributed by atoms with Gasteiger partial charge in [0.2, 0.25) is 0 Å². The van der Waals surface area contributed by atoms with Crippen molar-refractivity contribution in [2.24, 2.45) is 0 Å². The number of carbonyl (C=O) groups excluding carboxylic acids is 1. The normalized spacial score (nSPS) is 10.2. The lowest BCUT2D eigenvalue weighted by molar-refractivity contribution is 0.102. The second kappa shape index (κ2) is 6.65. The fourth-order valence-corrected chi connectivity index (χ4v) is 3.51. The lowest BCUT2D eigenvalue weighted by atomic mass is 10.0. The zero-order valence-corrected chi connectivity index (χ0v) is 14.1. The van der Waals surface area contributed by atoms with E-state index in [0.717, 1.165) is 21.6 Å². The number of pyridine rings is 1. The Morgan fingerprint density at radius 1 is 1.12 bits per heavy atom. The van der Waals surface area contributed by atoms with Crippen molar-refractivity contribution in [3.63, 3.8) is 0 Å². The highest BCUT2D eigenvalue weighted by Crippen LogP contribution is 2.39. The number of nitrogens with zero attached hydrogens (tertiary/aromatic N) is 2. The zero-order chi connectivity index (χ0) is 17.1. The molecule has 4 nitrogen and oxygen atoms in total. The number of rotatable bonds is 3. The Hall–Kier alpha value is -2.97. The van der Waals surface area contributed by atoms with Crippen LogP contribution in [0.1, 0.15) is 26.4 Å². The van der Waals surface area contributed by atoms with Crippen LogP contribution in [0.2, 0.25) is 0 Å². The highest BCUT2D eigenvalue weighted by atomic mass is 32.1. The van der Waals surface area contributed by atoms with Gasteiger partial charge in [0, 0.05) is 28.4 Å². The van der Waals surface area contributed by atoms with Gasteiger partial charge in [-0.1, -0.05) is 29.8 Å². The molecular weight excluding hydrogens is 318 g/mol. The Balaban J connectivity index is 1.99. The molecule has 0 saturated heterocycles. The highest BCUT2D eigenvalue weighted by molar-refractivity contribution is 7.17. The number of nitriles is 1. The van der Waals surface area contributed by atoms with Gasteiger partial charge in [-0.25, -0.2) is 0 Å². The average Bonchev–Trinajstić information content (AvgIpc) is 2.91. The summed E-state index contributed by atoms with van der Waals surface area (Å²) >= 11 is 1.42. The summed E-state index contributed by atoms with van der Waals surface area (Å²) in [4.78, 5) is 17.2. The minimum absolute atomic E-state index is 0.245. The molecule has 0 aliphatic carbocycles. The Labute approximate surface area is 144 Å². The number of carbonyl (C=O) groups is 1. The van der Waals surface area contributed by atoms with E-state index >= 15 is 0 Å². The van der Waals surface area contributed by atoms with Gasteiger partial charge in [-0.2, -0.15) is 5.26 Å². The van der Waals surface area contributed by atoms with E-state index in [1.807, 2.05) is 38.1 Å². The maximum absolute atomic E-state index is 12.3. The van der Waals surface area contributed by atoms with Gasteiger partial charge in [0.1, 0.15) is 11.1 Å². The summed E-state index contributed by atoms with van der Waals surface area (Å²) in [5.74, 6) is -0.245. The SMILES string of the molecule is Cc1ccc(-c2c(C)sc(NC(=O)c3ccncc3)c2C#N)cc1. The number of thiophene rings is 1. The first-order valence-corrected chi connectivity index (χ1v) is 8.23. The van der Waals surface area contributed by atoms with Crippen LogP contribution < -0.4 is 5.32 Å². The van der Waals surface area contributed by atoms with Crippen LogP contribution in [0.5, 0.6) is 0 Å². The van der Waals surface area contributed by atoms with Crippen molar-refractivity contribution in [1.82, 2.24) is 4.98 Å². The predicted octanol–water partition coefficient (Wildman–Crippen LogP) is 4.55. The Kier molecular flexibility index (Phi) is 4.41. The number of anilines is 1. The number of aryl methyl sites for hydroxylation is 2. The number of aromatic nitrogens is 1. The van der Waals surface area contributed by atoms with E-state index in [1.54, 1.807) is 24.5 Å². The van der Waals surface area contributed by atoms with Crippen molar-refractivity contribution >= 4 is 22.2 Å². The summed E-state index contributed by atoms with van der Waals surface area (Å²) in [5.41, 5.74) is 4.04. The third-order valence-electron chi connectivity index (χ3n) is 3.71. The minimum Gasteiger partial charge on any atom is -0.312 e. The summed E-state index contributed by atoms with van der Waals surface area (Å²) in [7, 11) is 0. The monoisotopic (exact) mass is 333 g/mol. The molecule has 24 heavy (non-hydrogen) atoms. The fourth-order valence-electron chi connectivity index (χ4n) is 2.49. The molecule has 5 heteroatoms. The Morgan fingerprint density at radius 2 is 1.79 bits per heavy atom. The van der Waals surface area contributed by atoms with Gasteiger partial charge in [-0.3, -0.25) is 9.78 Å². The van der Waals surface area contributed by atoms with Gasteiger partial charge in [0.15, 0.2) is 0 Å². The van der Waals surface area contributed by atoms with Crippen molar-refractivity contribution in [3.8, 4) is 17.2 Å². The van der Waals surface area contributed by atoms with Crippen LogP contribution in [0.25, 0.3) is 11.1 Å². The van der Waals surface area contributed by atoms with Gasteiger partial charge in [0.25, 0.3) is 5.91 Å². The minimum atomic E-state index is -0.245. The quantitative estimate of drug-likeness (QED) is 0.764. The summed E-state index contributed by atoms with van der Waals surface area (Å²) in [6, 6.07) is 13.6. The summed E-state index contributed by atoms with van der Waals surface area (Å²) in [5, 5.41) is 13.0. The first-order valence-electron chi connectivity index (χ1n) is 7.42. The summed E-state index contributed by atoms with van der Waals surface area (Å²) in [6.07, 6.45) is 3.13. The molecule has 2 heterocycles. The molecule has 0 radical (unpaired) electrons. The molecule has 0 atom stereocenters. The Bertz CT molecular complexity index is 922. The van der Waals surface area contributed by atoms with Crippen LogP contribution in [0.4, 0.5) is 5.00 Å². The molecular formula is C19H15N3OS. The Morgan fingerprint density at radius 3 is 2.42 bits per heavy atom. The number of nitrogens with one attached hydrogen (secondary N) is 1. The molecule has 1 aromatic carbocycles. The van der Waals surface area contributed by atoms with Crippen LogP contribution in [-0.4, -0.2) is 10.9 Å². The molecule has 3 aromatic rings. The fraction of sp³-hybridized carbons (Fsp3) is 0.105. The van der Waals surface area contributed by atoms with Crippen molar-refractivity contribution in [2.45, 2.75) is 13.8 Å². The lowest BCUT2D eigenvalue weighted by Crippen LogP contribution is -2.11. The predicted molar refractivity (Wildman–Crippen MR) is 96.1 cm³/mol. The van der Waals surface area contributed by atoms with E-state index in [2.05, 4.69) is 16.4 Å². The zero-order valence-electron chi connectivity index (χ0n) is 13.3. The second-order valence-corrected chi connectivity index (χ2v) is 6.63. The molecule has 3 rings (SSSR count). The summed E-state index contributed by atoms with van der Waals surface area (Å²) < 4.78 is 0. The van der Waals surface area contributed by atoms with Crippen molar-refractivity contribution in [3.05, 3.63) is 70.4 Å². The molecule has 0 saturated carbocycles. The van der Waals surface area contributed by atoms with E-state index in [4.69, 9.17) is 0 Å². The van der Waals surface area contributed by atoms with Crippen LogP contribution in [-0.2, 0) is 0 Å². The molecule has 0 aliphatic rings. The van der Waals surface area contributed by atoms with E-state index < -0.39 is 0 Å². The van der Waals surface area contributed by atoms with Gasteiger partial charge in [-0.15, -0.1) is 11.3 Å². The van der Waals surface area contributed by atoms with Gasteiger partial charge in [0.05, 0.1) is 5.56 Å². The number of hydrogen-bond acceptors (Lipinski definition) is 4. The average molecular weight is 333 g/mol. The van der Waals surface area contributed by atoms with Gasteiger partial charge < -0.3 is 5.32 Å². The topological polar surface area (TPSA) is 65.8 Å². The molecule has 0 aliphatic heterocycles. The maximum Gasteiger partial charge on any atom is 0.256 e. The molecule has 118 valence electrons. The third kappa shape index (κ3) is 3.05. The molecule has 2 aromatic heterocycles. The van der Waals surface area contributed by atoms with Crippen molar-refractivity contribution < 1.29 is 4.79 Å². The highest BCUT2D eigenvalue weighted by Gasteiger charge is 2.19. The van der Waals surface area contributed by atoms with Crippen molar-refractivity contribution in [2.75, 3.05) is 5.32 Å². The van der Waals surface area contributed by atoms with Gasteiger partial charge in [-0.05, 0) is 31.5 Å². The largest absolute Gasteiger partial charge is 0.312 e.